The molecular weight excluding hydrogens is 262 g/mol. The number of nitro groups is 1. The van der Waals surface area contributed by atoms with Gasteiger partial charge in [0.1, 0.15) is 11.2 Å². The molecule has 1 aliphatic carbocycles. The SMILES string of the molecule is COc1cc([N+](=O)[O-])ccc1NC(=O)C1(C#N)CCC1. The number of carbonyl (C=O) groups excluding carboxylic acids is 1. The molecule has 104 valence electrons. The predicted octanol–water partition coefficient (Wildman–Crippen LogP) is 2.24. The molecular formula is C13H13N3O4. The van der Waals surface area contributed by atoms with E-state index in [0.717, 1.165) is 6.42 Å². The van der Waals surface area contributed by atoms with Crippen LogP contribution in [0.25, 0.3) is 0 Å². The maximum absolute atomic E-state index is 12.1. The molecule has 1 fully saturated rings. The molecule has 20 heavy (non-hydrogen) atoms. The molecule has 0 saturated heterocycles. The van der Waals surface area contributed by atoms with Crippen molar-refractivity contribution < 1.29 is 14.5 Å². The first-order valence-electron chi connectivity index (χ1n) is 6.07. The summed E-state index contributed by atoms with van der Waals surface area (Å²) in [7, 11) is 1.36. The molecule has 0 unspecified atom stereocenters. The van der Waals surface area contributed by atoms with Gasteiger partial charge in [0.2, 0.25) is 5.91 Å². The molecule has 0 spiro atoms. The van der Waals surface area contributed by atoms with E-state index in [-0.39, 0.29) is 11.4 Å². The number of nitrogens with one attached hydrogen (secondary N) is 1. The summed E-state index contributed by atoms with van der Waals surface area (Å²) < 4.78 is 5.03. The molecule has 1 saturated carbocycles. The molecule has 0 radical (unpaired) electrons. The van der Waals surface area contributed by atoms with E-state index in [2.05, 4.69) is 5.32 Å². The van der Waals surface area contributed by atoms with Crippen LogP contribution < -0.4 is 10.1 Å². The molecule has 7 nitrogen and oxygen atoms in total. The Morgan fingerprint density at radius 3 is 2.70 bits per heavy atom. The van der Waals surface area contributed by atoms with Crippen molar-refractivity contribution in [1.82, 2.24) is 0 Å². The normalized spacial score (nSPS) is 15.6. The highest BCUT2D eigenvalue weighted by Gasteiger charge is 2.44. The summed E-state index contributed by atoms with van der Waals surface area (Å²) in [4.78, 5) is 22.3. The average Bonchev–Trinajstić information content (AvgIpc) is 2.38. The van der Waals surface area contributed by atoms with Crippen molar-refractivity contribution in [2.45, 2.75) is 19.3 Å². The highest BCUT2D eigenvalue weighted by Crippen LogP contribution is 2.42. The lowest BCUT2D eigenvalue weighted by atomic mass is 9.69. The number of nitriles is 1. The molecule has 1 N–H and O–H groups in total. The number of anilines is 1. The molecule has 0 heterocycles. The molecule has 0 atom stereocenters. The van der Waals surface area contributed by atoms with Crippen molar-refractivity contribution in [3.8, 4) is 11.8 Å². The first-order valence-corrected chi connectivity index (χ1v) is 6.07. The van der Waals surface area contributed by atoms with Crippen LogP contribution in [0.5, 0.6) is 5.75 Å². The van der Waals surface area contributed by atoms with E-state index in [4.69, 9.17) is 10.00 Å². The van der Waals surface area contributed by atoms with E-state index in [0.29, 0.717) is 18.5 Å². The van der Waals surface area contributed by atoms with Gasteiger partial charge in [-0.25, -0.2) is 0 Å². The Balaban J connectivity index is 2.23. The van der Waals surface area contributed by atoms with Gasteiger partial charge in [-0.05, 0) is 25.3 Å². The Bertz CT molecular complexity index is 602. The summed E-state index contributed by atoms with van der Waals surface area (Å²) in [6, 6.07) is 5.95. The van der Waals surface area contributed by atoms with Crippen LogP contribution in [-0.4, -0.2) is 17.9 Å². The second-order valence-corrected chi connectivity index (χ2v) is 4.64. The van der Waals surface area contributed by atoms with Gasteiger partial charge in [-0.2, -0.15) is 5.26 Å². The second-order valence-electron chi connectivity index (χ2n) is 4.64. The Hall–Kier alpha value is -2.62. The largest absolute Gasteiger partial charge is 0.494 e. The highest BCUT2D eigenvalue weighted by atomic mass is 16.6. The van der Waals surface area contributed by atoms with Crippen molar-refractivity contribution in [3.05, 3.63) is 28.3 Å². The maximum atomic E-state index is 12.1. The lowest BCUT2D eigenvalue weighted by Crippen LogP contribution is -2.40. The van der Waals surface area contributed by atoms with Gasteiger partial charge in [0.15, 0.2) is 0 Å². The highest BCUT2D eigenvalue weighted by molar-refractivity contribution is 5.99. The first-order chi connectivity index (χ1) is 9.52. The van der Waals surface area contributed by atoms with Crippen LogP contribution in [0.1, 0.15) is 19.3 Å². The number of hydrogen-bond donors (Lipinski definition) is 1. The van der Waals surface area contributed by atoms with Crippen molar-refractivity contribution >= 4 is 17.3 Å². The van der Waals surface area contributed by atoms with Crippen molar-refractivity contribution in [2.75, 3.05) is 12.4 Å². The molecule has 1 aromatic carbocycles. The minimum atomic E-state index is -0.979. The zero-order valence-corrected chi connectivity index (χ0v) is 10.9. The summed E-state index contributed by atoms with van der Waals surface area (Å²) in [6.45, 7) is 0. The fourth-order valence-corrected chi connectivity index (χ4v) is 2.06. The number of ether oxygens (including phenoxy) is 1. The van der Waals surface area contributed by atoms with Crippen molar-refractivity contribution in [3.63, 3.8) is 0 Å². The van der Waals surface area contributed by atoms with Crippen molar-refractivity contribution in [1.29, 1.82) is 5.26 Å². The minimum Gasteiger partial charge on any atom is -0.494 e. The second kappa shape index (κ2) is 5.17. The minimum absolute atomic E-state index is 0.126. The number of hydrogen-bond acceptors (Lipinski definition) is 5. The Morgan fingerprint density at radius 1 is 1.55 bits per heavy atom. The third kappa shape index (κ3) is 2.28. The monoisotopic (exact) mass is 275 g/mol. The van der Waals surface area contributed by atoms with Crippen molar-refractivity contribution in [2.24, 2.45) is 5.41 Å². The van der Waals surface area contributed by atoms with Gasteiger partial charge in [-0.15, -0.1) is 0 Å². The summed E-state index contributed by atoms with van der Waals surface area (Å²) >= 11 is 0. The topological polar surface area (TPSA) is 105 Å². The molecule has 0 aromatic heterocycles. The van der Waals surface area contributed by atoms with E-state index >= 15 is 0 Å². The number of nitro benzene ring substituents is 1. The lowest BCUT2D eigenvalue weighted by molar-refractivity contribution is -0.384. The number of nitrogens with zero attached hydrogens (tertiary/aromatic N) is 2. The summed E-state index contributed by atoms with van der Waals surface area (Å²) in [5.41, 5.74) is -0.782. The molecule has 7 heteroatoms. The Kier molecular flexibility index (Phi) is 3.57. The Labute approximate surface area is 115 Å². The van der Waals surface area contributed by atoms with Crippen LogP contribution in [-0.2, 0) is 4.79 Å². The number of non-ortho nitro benzene ring substituents is 1. The van der Waals surface area contributed by atoms with Gasteiger partial charge in [0.25, 0.3) is 5.69 Å². The number of benzene rings is 1. The molecule has 1 amide bonds. The first kappa shape index (κ1) is 13.8. The standard InChI is InChI=1S/C13H13N3O4/c1-20-11-7-9(16(18)19)3-4-10(11)15-12(17)13(8-14)5-2-6-13/h3-4,7H,2,5-6H2,1H3,(H,15,17). The molecule has 1 aliphatic rings. The number of methoxy groups -OCH3 is 1. The zero-order valence-electron chi connectivity index (χ0n) is 10.9. The number of amides is 1. The maximum Gasteiger partial charge on any atom is 0.273 e. The van der Waals surface area contributed by atoms with E-state index in [1.165, 1.54) is 25.3 Å². The number of rotatable bonds is 4. The predicted molar refractivity (Wildman–Crippen MR) is 70.2 cm³/mol. The van der Waals surface area contributed by atoms with Gasteiger partial charge in [-0.1, -0.05) is 0 Å². The van der Waals surface area contributed by atoms with Crippen LogP contribution in [0.15, 0.2) is 18.2 Å². The fourth-order valence-electron chi connectivity index (χ4n) is 2.06. The van der Waals surface area contributed by atoms with Gasteiger partial charge >= 0.3 is 0 Å². The third-order valence-electron chi connectivity index (χ3n) is 3.50. The van der Waals surface area contributed by atoms with Gasteiger partial charge in [-0.3, -0.25) is 14.9 Å². The summed E-state index contributed by atoms with van der Waals surface area (Å²) in [5.74, 6) is -0.196. The van der Waals surface area contributed by atoms with Crippen LogP contribution in [0.4, 0.5) is 11.4 Å². The van der Waals surface area contributed by atoms with Gasteiger partial charge in [0.05, 0.1) is 29.9 Å². The summed E-state index contributed by atoms with van der Waals surface area (Å²) in [6.07, 6.45) is 1.91. The molecule has 0 bridgehead atoms. The quantitative estimate of drug-likeness (QED) is 0.670. The Morgan fingerprint density at radius 2 is 2.25 bits per heavy atom. The van der Waals surface area contributed by atoms with Crippen LogP contribution >= 0.6 is 0 Å². The molecule has 0 aliphatic heterocycles. The van der Waals surface area contributed by atoms with Crippen LogP contribution in [0.2, 0.25) is 0 Å². The lowest BCUT2D eigenvalue weighted by Gasteiger charge is -2.33. The molecule has 2 rings (SSSR count). The smallest absolute Gasteiger partial charge is 0.273 e. The average molecular weight is 275 g/mol. The van der Waals surface area contributed by atoms with E-state index in [1.807, 2.05) is 6.07 Å². The summed E-state index contributed by atoms with van der Waals surface area (Å²) in [5, 5.41) is 22.4. The van der Waals surface area contributed by atoms with Crippen LogP contribution in [0.3, 0.4) is 0 Å². The van der Waals surface area contributed by atoms with E-state index in [1.54, 1.807) is 0 Å². The zero-order chi connectivity index (χ0) is 14.8. The van der Waals surface area contributed by atoms with Crippen LogP contribution in [0, 0.1) is 26.9 Å². The van der Waals surface area contributed by atoms with E-state index < -0.39 is 16.2 Å². The van der Waals surface area contributed by atoms with Gasteiger partial charge < -0.3 is 10.1 Å². The fraction of sp³-hybridized carbons (Fsp3) is 0.385. The van der Waals surface area contributed by atoms with Gasteiger partial charge in [0, 0.05) is 6.07 Å². The third-order valence-corrected chi connectivity index (χ3v) is 3.50. The van der Waals surface area contributed by atoms with E-state index in [9.17, 15) is 14.9 Å². The molecule has 1 aromatic rings. The number of carbonyl (C=O) groups is 1.